The molecule has 2 aliphatic carbocycles. The minimum atomic E-state index is -0.686. The number of likely N-dealkylation sites (tertiary alicyclic amines) is 3. The summed E-state index contributed by atoms with van der Waals surface area (Å²) >= 11 is 0. The van der Waals surface area contributed by atoms with Gasteiger partial charge in [-0.1, -0.05) is 25.5 Å². The maximum atomic E-state index is 15.3. The van der Waals surface area contributed by atoms with E-state index in [4.69, 9.17) is 9.97 Å². The van der Waals surface area contributed by atoms with Gasteiger partial charge in [-0.3, -0.25) is 34.3 Å². The second kappa shape index (κ2) is 18.5. The van der Waals surface area contributed by atoms with Crippen LogP contribution in [0.4, 0.5) is 17.2 Å². The Morgan fingerprint density at radius 2 is 1.53 bits per heavy atom. The highest BCUT2D eigenvalue weighted by molar-refractivity contribution is 6.09. The number of carbonyl (C=O) groups excluding carboxylic acids is 5. The number of hydrogen-bond donors (Lipinski definition) is 2. The molecule has 7 fully saturated rings. The maximum Gasteiger partial charge on any atom is 0.238 e. The summed E-state index contributed by atoms with van der Waals surface area (Å²) in [5.41, 5.74) is 6.27. The molecule has 5 amide bonds. The Labute approximate surface area is 422 Å². The molecular weight excluding hydrogens is 907 g/mol. The van der Waals surface area contributed by atoms with E-state index in [1.807, 2.05) is 28.3 Å². The molecule has 16 heteroatoms. The fraction of sp³-hybridized carbons (Fsp3) is 0.607. The van der Waals surface area contributed by atoms with E-state index < -0.39 is 16.7 Å². The van der Waals surface area contributed by atoms with Crippen molar-refractivity contribution in [2.24, 2.45) is 11.3 Å². The largest absolute Gasteiger partial charge is 0.370 e. The van der Waals surface area contributed by atoms with Crippen LogP contribution in [0, 0.1) is 11.3 Å². The highest BCUT2D eigenvalue weighted by Gasteiger charge is 2.56. The summed E-state index contributed by atoms with van der Waals surface area (Å²) < 4.78 is 2.20. The average molecular weight is 978 g/mol. The van der Waals surface area contributed by atoms with Gasteiger partial charge in [-0.15, -0.1) is 0 Å². The first-order valence-electron chi connectivity index (χ1n) is 27.4. The number of hydrogen-bond acceptors (Lipinski definition) is 11. The van der Waals surface area contributed by atoms with Gasteiger partial charge in [-0.25, -0.2) is 9.97 Å². The van der Waals surface area contributed by atoms with Gasteiger partial charge in [0.25, 0.3) is 0 Å². The normalized spacial score (nSPS) is 25.8. The fourth-order valence-corrected chi connectivity index (χ4v) is 13.4. The third-order valence-electron chi connectivity index (χ3n) is 18.3. The summed E-state index contributed by atoms with van der Waals surface area (Å²) in [4.78, 5) is 93.6. The monoisotopic (exact) mass is 978 g/mol. The number of pyridine rings is 2. The number of fused-ring (bicyclic) bond motifs is 3. The zero-order valence-electron chi connectivity index (χ0n) is 42.4. The van der Waals surface area contributed by atoms with Gasteiger partial charge in [0, 0.05) is 92.4 Å². The van der Waals surface area contributed by atoms with E-state index in [1.165, 1.54) is 19.3 Å². The average Bonchev–Trinajstić information content (AvgIpc) is 4.05. The van der Waals surface area contributed by atoms with Gasteiger partial charge in [-0.05, 0) is 140 Å². The van der Waals surface area contributed by atoms with Crippen molar-refractivity contribution in [3.8, 4) is 11.3 Å². The van der Waals surface area contributed by atoms with E-state index in [2.05, 4.69) is 79.9 Å². The molecule has 4 aromatic rings. The number of aromatic nitrogens is 4. The number of anilines is 3. The van der Waals surface area contributed by atoms with Crippen molar-refractivity contribution in [1.82, 2.24) is 39.5 Å². The molecular formula is C56H71N11O5. The van der Waals surface area contributed by atoms with Crippen LogP contribution in [0.25, 0.3) is 22.3 Å². The lowest BCUT2D eigenvalue weighted by molar-refractivity contribution is -0.150. The number of nitrogens with zero attached hydrogens (tertiary/aromatic N) is 9. The zero-order valence-corrected chi connectivity index (χ0v) is 42.4. The van der Waals surface area contributed by atoms with Gasteiger partial charge >= 0.3 is 0 Å². The topological polar surface area (TPSA) is 169 Å². The molecule has 0 bridgehead atoms. The van der Waals surface area contributed by atoms with E-state index in [0.29, 0.717) is 82.5 Å². The van der Waals surface area contributed by atoms with Crippen molar-refractivity contribution in [1.29, 1.82) is 0 Å². The summed E-state index contributed by atoms with van der Waals surface area (Å²) in [6.07, 6.45) is 16.5. The third kappa shape index (κ3) is 8.42. The Hall–Kier alpha value is -5.90. The lowest BCUT2D eigenvalue weighted by Crippen LogP contribution is -2.59. The van der Waals surface area contributed by atoms with Crippen LogP contribution in [0.5, 0.6) is 0 Å². The van der Waals surface area contributed by atoms with E-state index in [0.717, 1.165) is 110 Å². The van der Waals surface area contributed by atoms with Crippen LogP contribution in [0.2, 0.25) is 0 Å². The fourth-order valence-electron chi connectivity index (χ4n) is 13.4. The Morgan fingerprint density at radius 1 is 0.792 bits per heavy atom. The highest BCUT2D eigenvalue weighted by Crippen LogP contribution is 2.53. The molecule has 3 aromatic heterocycles. The van der Waals surface area contributed by atoms with Gasteiger partial charge in [0.05, 0.1) is 46.4 Å². The Kier molecular flexibility index (Phi) is 12.1. The lowest BCUT2D eigenvalue weighted by Gasteiger charge is -2.48. The van der Waals surface area contributed by atoms with Gasteiger partial charge < -0.3 is 34.4 Å². The molecule has 1 spiro atoms. The Morgan fingerprint density at radius 3 is 2.21 bits per heavy atom. The molecule has 0 radical (unpaired) electrons. The van der Waals surface area contributed by atoms with E-state index in [9.17, 15) is 19.2 Å². The summed E-state index contributed by atoms with van der Waals surface area (Å²) in [6.45, 7) is 12.4. The number of amides is 5. The second-order valence-electron chi connectivity index (χ2n) is 23.1. The van der Waals surface area contributed by atoms with Crippen molar-refractivity contribution in [3.05, 3.63) is 60.2 Å². The molecule has 9 heterocycles. The minimum absolute atomic E-state index is 0.0651. The minimum Gasteiger partial charge on any atom is -0.370 e. The molecule has 72 heavy (non-hydrogen) atoms. The van der Waals surface area contributed by atoms with Crippen LogP contribution in [0.3, 0.4) is 0 Å². The Balaban J connectivity index is 0.705. The molecule has 8 aliphatic rings. The van der Waals surface area contributed by atoms with Crippen LogP contribution >= 0.6 is 0 Å². The first-order valence-corrected chi connectivity index (χ1v) is 27.4. The van der Waals surface area contributed by atoms with Crippen LogP contribution in [-0.2, 0) is 29.4 Å². The number of imidazole rings is 1. The summed E-state index contributed by atoms with van der Waals surface area (Å²) in [5.74, 6) is 0.393. The smallest absolute Gasteiger partial charge is 0.238 e. The molecule has 380 valence electrons. The maximum absolute atomic E-state index is 15.3. The predicted molar refractivity (Wildman–Crippen MR) is 275 cm³/mol. The van der Waals surface area contributed by atoms with Crippen LogP contribution in [0.15, 0.2) is 48.9 Å². The molecule has 1 unspecified atom stereocenters. The predicted octanol–water partition coefficient (Wildman–Crippen LogP) is 6.94. The van der Waals surface area contributed by atoms with Crippen molar-refractivity contribution in [2.45, 2.75) is 153 Å². The van der Waals surface area contributed by atoms with Crippen LogP contribution in [-0.4, -0.2) is 134 Å². The molecule has 1 atom stereocenters. The number of piperidine rings is 5. The SMILES string of the molecule is CC(C)n1cnc2cc(-c3ccc4c(c3)N(C3CC(N5CCCCC5)C3)C(=O)C43CCN(C(=O)C4(C)CCN(C(=O)C5CCN(c6ccc(C7CCC(=O)NC7=O)nc6)CC5)CC4)CC3)nc(NC3CC3)c21. The number of carbonyl (C=O) groups is 5. The van der Waals surface area contributed by atoms with Gasteiger partial charge in [0.15, 0.2) is 5.82 Å². The van der Waals surface area contributed by atoms with Gasteiger partial charge in [-0.2, -0.15) is 0 Å². The molecule has 2 saturated carbocycles. The van der Waals surface area contributed by atoms with Gasteiger partial charge in [0.2, 0.25) is 29.5 Å². The van der Waals surface area contributed by atoms with Crippen molar-refractivity contribution in [2.75, 3.05) is 67.5 Å². The van der Waals surface area contributed by atoms with Crippen molar-refractivity contribution >= 4 is 57.8 Å². The van der Waals surface area contributed by atoms with Crippen molar-refractivity contribution < 1.29 is 24.0 Å². The van der Waals surface area contributed by atoms with Gasteiger partial charge in [0.1, 0.15) is 5.52 Å². The molecule has 12 rings (SSSR count). The molecule has 16 nitrogen and oxygen atoms in total. The number of rotatable bonds is 10. The highest BCUT2D eigenvalue weighted by atomic mass is 16.2. The number of nitrogens with one attached hydrogen (secondary N) is 2. The first kappa shape index (κ1) is 47.1. The summed E-state index contributed by atoms with van der Waals surface area (Å²) in [5, 5.41) is 6.12. The molecule has 2 N–H and O–H groups in total. The Bertz CT molecular complexity index is 2770. The number of imide groups is 1. The van der Waals surface area contributed by atoms with Crippen molar-refractivity contribution in [3.63, 3.8) is 0 Å². The van der Waals surface area contributed by atoms with E-state index in [-0.39, 0.29) is 47.5 Å². The lowest BCUT2D eigenvalue weighted by atomic mass is 9.72. The summed E-state index contributed by atoms with van der Waals surface area (Å²) in [7, 11) is 0. The second-order valence-corrected chi connectivity index (χ2v) is 23.1. The number of benzene rings is 1. The third-order valence-corrected chi connectivity index (χ3v) is 18.3. The first-order chi connectivity index (χ1) is 34.9. The molecule has 1 aromatic carbocycles. The van der Waals surface area contributed by atoms with Crippen LogP contribution < -0.4 is 20.4 Å². The quantitative estimate of drug-likeness (QED) is 0.158. The standard InChI is InChI=1S/C56H71N11O5/c1-35(2)66-34-58-46-32-45(60-50(49(46)66)59-38-8-9-38)37-7-12-43-47(29-37)67(41-30-40(31-41)62-21-5-4-6-22-62)54(72)56(43)19-27-65(28-20-56)53(71)55(3)17-25-64(26-18-55)52(70)36-15-23-63(24-16-36)39-10-13-44(57-33-39)42-11-14-48(68)61-51(42)69/h7,10,12-13,29,32-36,38,40-42H,4-6,8-9,11,14-28,30-31H2,1-3H3,(H,59,60)(H,61,68,69). The van der Waals surface area contributed by atoms with Crippen LogP contribution in [0.1, 0.15) is 140 Å². The zero-order chi connectivity index (χ0) is 49.5. The molecule has 5 saturated heterocycles. The van der Waals surface area contributed by atoms with E-state index >= 15 is 4.79 Å². The summed E-state index contributed by atoms with van der Waals surface area (Å²) in [6, 6.07) is 13.9. The molecule has 6 aliphatic heterocycles. The van der Waals surface area contributed by atoms with E-state index in [1.54, 1.807) is 6.20 Å².